The summed E-state index contributed by atoms with van der Waals surface area (Å²) in [4.78, 5) is 13.4. The number of para-hydroxylation sites is 1. The average Bonchev–Trinajstić information content (AvgIpc) is 2.99. The molecule has 0 atom stereocenters. The molecule has 0 amide bonds. The van der Waals surface area contributed by atoms with Crippen LogP contribution in [0, 0.1) is 13.8 Å². The Hall–Kier alpha value is -2.99. The van der Waals surface area contributed by atoms with Crippen molar-refractivity contribution in [1.82, 2.24) is 15.0 Å². The molecule has 0 saturated heterocycles. The molecule has 0 unspecified atom stereocenters. The minimum Gasteiger partial charge on any atom is -0.507 e. The summed E-state index contributed by atoms with van der Waals surface area (Å²) in [5, 5.41) is 14.3. The first kappa shape index (κ1) is 15.5. The third-order valence-corrected chi connectivity index (χ3v) is 4.83. The number of aryl methyl sites for hydroxylation is 2. The van der Waals surface area contributed by atoms with Crippen molar-refractivity contribution in [2.45, 2.75) is 13.8 Å². The van der Waals surface area contributed by atoms with Gasteiger partial charge < -0.3 is 10.4 Å². The van der Waals surface area contributed by atoms with Gasteiger partial charge >= 0.3 is 0 Å². The summed E-state index contributed by atoms with van der Waals surface area (Å²) in [7, 11) is 0. The smallest absolute Gasteiger partial charge is 0.227 e. The zero-order chi connectivity index (χ0) is 17.4. The number of hydrogen-bond donors (Lipinski definition) is 2. The van der Waals surface area contributed by atoms with Crippen LogP contribution in [-0.2, 0) is 0 Å². The third kappa shape index (κ3) is 3.16. The Bertz CT molecular complexity index is 1020. The van der Waals surface area contributed by atoms with Crippen LogP contribution in [0.3, 0.4) is 0 Å². The maximum absolute atomic E-state index is 10.3. The fourth-order valence-electron chi connectivity index (χ4n) is 2.68. The van der Waals surface area contributed by atoms with Crippen LogP contribution in [0.15, 0.2) is 48.5 Å². The molecule has 2 N–H and O–H groups in total. The molecule has 124 valence electrons. The van der Waals surface area contributed by atoms with Gasteiger partial charge in [-0.3, -0.25) is 0 Å². The predicted molar refractivity (Wildman–Crippen MR) is 102 cm³/mol. The number of fused-ring (bicyclic) bond motifs is 1. The summed E-state index contributed by atoms with van der Waals surface area (Å²) >= 11 is 1.55. The quantitative estimate of drug-likeness (QED) is 0.519. The number of aromatic hydroxyl groups is 1. The highest BCUT2D eigenvalue weighted by atomic mass is 32.1. The van der Waals surface area contributed by atoms with E-state index in [0.29, 0.717) is 11.5 Å². The van der Waals surface area contributed by atoms with Crippen LogP contribution in [-0.4, -0.2) is 20.1 Å². The molecule has 5 nitrogen and oxygen atoms in total. The normalized spacial score (nSPS) is 11.0. The fourth-order valence-corrected chi connectivity index (χ4v) is 3.67. The van der Waals surface area contributed by atoms with Crippen LogP contribution in [0.2, 0.25) is 0 Å². The standard InChI is InChI=1S/C19H16N4OS/c1-11-9-12(2)21-19(20-11)22-13-7-8-16(24)14(10-13)18-23-15-5-3-4-6-17(15)25-18/h3-10,24H,1-2H3,(H,20,21,22). The average molecular weight is 348 g/mol. The van der Waals surface area contributed by atoms with Crippen molar-refractivity contribution in [3.8, 4) is 16.3 Å². The summed E-state index contributed by atoms with van der Waals surface area (Å²) in [5.74, 6) is 0.740. The van der Waals surface area contributed by atoms with Crippen molar-refractivity contribution in [3.05, 3.63) is 59.9 Å². The van der Waals surface area contributed by atoms with Gasteiger partial charge in [-0.25, -0.2) is 15.0 Å². The van der Waals surface area contributed by atoms with Gasteiger partial charge in [-0.1, -0.05) is 12.1 Å². The minimum absolute atomic E-state index is 0.200. The van der Waals surface area contributed by atoms with Crippen LogP contribution in [0.1, 0.15) is 11.4 Å². The molecule has 25 heavy (non-hydrogen) atoms. The van der Waals surface area contributed by atoms with E-state index in [1.807, 2.05) is 50.2 Å². The zero-order valence-electron chi connectivity index (χ0n) is 13.8. The molecule has 0 spiro atoms. The highest BCUT2D eigenvalue weighted by molar-refractivity contribution is 7.21. The van der Waals surface area contributed by atoms with Crippen molar-refractivity contribution >= 4 is 33.2 Å². The van der Waals surface area contributed by atoms with Crippen molar-refractivity contribution in [2.24, 2.45) is 0 Å². The number of hydrogen-bond acceptors (Lipinski definition) is 6. The lowest BCUT2D eigenvalue weighted by Crippen LogP contribution is -2.00. The molecule has 4 rings (SSSR count). The van der Waals surface area contributed by atoms with Gasteiger partial charge in [0.15, 0.2) is 0 Å². The van der Waals surface area contributed by atoms with Gasteiger partial charge in [0.2, 0.25) is 5.95 Å². The van der Waals surface area contributed by atoms with E-state index in [4.69, 9.17) is 0 Å². The fraction of sp³-hybridized carbons (Fsp3) is 0.105. The number of phenols is 1. The molecule has 0 bridgehead atoms. The molecular weight excluding hydrogens is 332 g/mol. The molecule has 4 aromatic rings. The summed E-state index contributed by atoms with van der Waals surface area (Å²) in [6, 6.07) is 15.2. The number of rotatable bonds is 3. The Morgan fingerprint density at radius 1 is 0.920 bits per heavy atom. The molecule has 0 aliphatic heterocycles. The second kappa shape index (κ2) is 6.14. The van der Waals surface area contributed by atoms with Gasteiger partial charge in [-0.2, -0.15) is 0 Å². The van der Waals surface area contributed by atoms with E-state index in [1.165, 1.54) is 0 Å². The van der Waals surface area contributed by atoms with Gasteiger partial charge in [-0.15, -0.1) is 11.3 Å². The second-order valence-corrected chi connectivity index (χ2v) is 6.85. The van der Waals surface area contributed by atoms with E-state index in [0.717, 1.165) is 32.3 Å². The first-order chi connectivity index (χ1) is 12.1. The summed E-state index contributed by atoms with van der Waals surface area (Å²) in [6.45, 7) is 3.87. The first-order valence-electron chi connectivity index (χ1n) is 7.87. The number of thiazole rings is 1. The number of anilines is 2. The van der Waals surface area contributed by atoms with Crippen molar-refractivity contribution in [1.29, 1.82) is 0 Å². The molecule has 0 aliphatic rings. The molecule has 2 aromatic heterocycles. The molecule has 0 radical (unpaired) electrons. The van der Waals surface area contributed by atoms with E-state index in [-0.39, 0.29) is 5.75 Å². The Kier molecular flexibility index (Phi) is 3.82. The van der Waals surface area contributed by atoms with Gasteiger partial charge in [-0.05, 0) is 50.2 Å². The molecule has 2 heterocycles. The number of phenolic OH excluding ortho intramolecular Hbond substituents is 1. The zero-order valence-corrected chi connectivity index (χ0v) is 14.6. The maximum Gasteiger partial charge on any atom is 0.227 e. The number of nitrogens with zero attached hydrogens (tertiary/aromatic N) is 3. The summed E-state index contributed by atoms with van der Waals surface area (Å²) in [5.41, 5.74) is 4.23. The third-order valence-electron chi connectivity index (χ3n) is 3.76. The van der Waals surface area contributed by atoms with E-state index in [1.54, 1.807) is 23.5 Å². The minimum atomic E-state index is 0.200. The summed E-state index contributed by atoms with van der Waals surface area (Å²) in [6.07, 6.45) is 0. The molecule has 0 fully saturated rings. The van der Waals surface area contributed by atoms with Crippen LogP contribution in [0.25, 0.3) is 20.8 Å². The lowest BCUT2D eigenvalue weighted by atomic mass is 10.2. The van der Waals surface area contributed by atoms with E-state index < -0.39 is 0 Å². The second-order valence-electron chi connectivity index (χ2n) is 5.82. The van der Waals surface area contributed by atoms with Crippen LogP contribution < -0.4 is 5.32 Å². The molecule has 0 saturated carbocycles. The topological polar surface area (TPSA) is 70.9 Å². The van der Waals surface area contributed by atoms with Crippen LogP contribution in [0.5, 0.6) is 5.75 Å². The van der Waals surface area contributed by atoms with Gasteiger partial charge in [0.25, 0.3) is 0 Å². The lowest BCUT2D eigenvalue weighted by Gasteiger charge is -2.09. The van der Waals surface area contributed by atoms with E-state index in [2.05, 4.69) is 20.3 Å². The SMILES string of the molecule is Cc1cc(C)nc(Nc2ccc(O)c(-c3nc4ccccc4s3)c2)n1. The highest BCUT2D eigenvalue weighted by Gasteiger charge is 2.12. The Morgan fingerprint density at radius 3 is 2.44 bits per heavy atom. The van der Waals surface area contributed by atoms with E-state index in [9.17, 15) is 5.11 Å². The van der Waals surface area contributed by atoms with Crippen molar-refractivity contribution < 1.29 is 5.11 Å². The monoisotopic (exact) mass is 348 g/mol. The molecule has 2 aromatic carbocycles. The highest BCUT2D eigenvalue weighted by Crippen LogP contribution is 2.37. The lowest BCUT2D eigenvalue weighted by molar-refractivity contribution is 0.477. The van der Waals surface area contributed by atoms with Crippen molar-refractivity contribution in [3.63, 3.8) is 0 Å². The van der Waals surface area contributed by atoms with Crippen LogP contribution >= 0.6 is 11.3 Å². The predicted octanol–water partition coefficient (Wildman–Crippen LogP) is 4.82. The summed E-state index contributed by atoms with van der Waals surface area (Å²) < 4.78 is 1.09. The largest absolute Gasteiger partial charge is 0.507 e. The van der Waals surface area contributed by atoms with Gasteiger partial charge in [0.1, 0.15) is 10.8 Å². The van der Waals surface area contributed by atoms with Gasteiger partial charge in [0, 0.05) is 17.1 Å². The number of aromatic nitrogens is 3. The van der Waals surface area contributed by atoms with E-state index >= 15 is 0 Å². The number of nitrogens with one attached hydrogen (secondary N) is 1. The van der Waals surface area contributed by atoms with Gasteiger partial charge in [0.05, 0.1) is 15.8 Å². The Balaban J connectivity index is 1.73. The van der Waals surface area contributed by atoms with Crippen molar-refractivity contribution in [2.75, 3.05) is 5.32 Å². The Labute approximate surface area is 149 Å². The molecule has 6 heteroatoms. The first-order valence-corrected chi connectivity index (χ1v) is 8.68. The molecule has 0 aliphatic carbocycles. The molecular formula is C19H16N4OS. The Morgan fingerprint density at radius 2 is 1.68 bits per heavy atom. The maximum atomic E-state index is 10.3. The van der Waals surface area contributed by atoms with Crippen LogP contribution in [0.4, 0.5) is 11.6 Å². The number of benzene rings is 2.